The number of benzene rings is 3. The van der Waals surface area contributed by atoms with E-state index in [1.54, 1.807) is 0 Å². The summed E-state index contributed by atoms with van der Waals surface area (Å²) in [5.41, 5.74) is 9.19. The molecule has 0 saturated heterocycles. The Bertz CT molecular complexity index is 1130. The highest BCUT2D eigenvalue weighted by Crippen LogP contribution is 2.61. The van der Waals surface area contributed by atoms with Crippen molar-refractivity contribution in [2.45, 2.75) is 46.0 Å². The Labute approximate surface area is 186 Å². The van der Waals surface area contributed by atoms with E-state index in [0.29, 0.717) is 5.92 Å². The number of anilines is 2. The molecule has 2 aliphatic rings. The summed E-state index contributed by atoms with van der Waals surface area (Å²) in [6.45, 7) is 11.5. The Balaban J connectivity index is 1.66. The van der Waals surface area contributed by atoms with E-state index in [9.17, 15) is 0 Å². The van der Waals surface area contributed by atoms with Gasteiger partial charge in [0, 0.05) is 28.4 Å². The molecular weight excluding hydrogens is 374 g/mol. The Kier molecular flexibility index (Phi) is 4.48. The van der Waals surface area contributed by atoms with Crippen LogP contribution in [0.2, 0.25) is 0 Å². The first-order chi connectivity index (χ1) is 14.8. The maximum atomic E-state index is 2.53. The van der Waals surface area contributed by atoms with E-state index >= 15 is 0 Å². The van der Waals surface area contributed by atoms with E-state index in [1.165, 1.54) is 39.3 Å². The molecule has 3 aromatic carbocycles. The highest BCUT2D eigenvalue weighted by Gasteiger charge is 2.54. The Hall–Kier alpha value is -3.06. The van der Waals surface area contributed by atoms with Crippen LogP contribution in [0.5, 0.6) is 0 Å². The lowest BCUT2D eigenvalue weighted by Gasteiger charge is -2.43. The second-order valence-corrected chi connectivity index (χ2v) is 9.91. The standard InChI is InChI=1S/C30H31N/c1-21-10-14-23(15-11-21)31(24-16-12-22(2)13-17-24)25-18-19-28-26-8-6-7-9-27(26)29(3,4)30(28,5)20-25/h6-20,28H,1-5H3. The second-order valence-electron chi connectivity index (χ2n) is 9.91. The van der Waals surface area contributed by atoms with E-state index in [2.05, 4.69) is 131 Å². The number of fused-ring (bicyclic) bond motifs is 3. The fourth-order valence-corrected chi connectivity index (χ4v) is 5.44. The van der Waals surface area contributed by atoms with Crippen molar-refractivity contribution in [3.8, 4) is 0 Å². The van der Waals surface area contributed by atoms with E-state index in [4.69, 9.17) is 0 Å². The zero-order chi connectivity index (χ0) is 21.8. The number of aryl methyl sites for hydroxylation is 2. The monoisotopic (exact) mass is 405 g/mol. The molecule has 5 rings (SSSR count). The van der Waals surface area contributed by atoms with Crippen LogP contribution in [0.4, 0.5) is 11.4 Å². The molecule has 0 radical (unpaired) electrons. The molecule has 1 nitrogen and oxygen atoms in total. The van der Waals surface area contributed by atoms with Crippen LogP contribution in [-0.4, -0.2) is 0 Å². The minimum atomic E-state index is 0.00835. The van der Waals surface area contributed by atoms with Gasteiger partial charge in [-0.25, -0.2) is 0 Å². The molecule has 2 unspecified atom stereocenters. The molecule has 0 saturated carbocycles. The summed E-state index contributed by atoms with van der Waals surface area (Å²) in [4.78, 5) is 2.40. The fourth-order valence-electron chi connectivity index (χ4n) is 5.44. The van der Waals surface area contributed by atoms with Crippen LogP contribution in [0.15, 0.2) is 96.7 Å². The third kappa shape index (κ3) is 2.98. The lowest BCUT2D eigenvalue weighted by atomic mass is 9.62. The van der Waals surface area contributed by atoms with Crippen LogP contribution < -0.4 is 4.90 Å². The van der Waals surface area contributed by atoms with Gasteiger partial charge < -0.3 is 4.90 Å². The Morgan fingerprint density at radius 3 is 1.84 bits per heavy atom. The third-order valence-corrected chi connectivity index (χ3v) is 7.71. The van der Waals surface area contributed by atoms with E-state index in [0.717, 1.165) is 0 Å². The number of hydrogen-bond acceptors (Lipinski definition) is 1. The van der Waals surface area contributed by atoms with Gasteiger partial charge >= 0.3 is 0 Å². The Morgan fingerprint density at radius 2 is 1.26 bits per heavy atom. The quantitative estimate of drug-likeness (QED) is 0.427. The summed E-state index contributed by atoms with van der Waals surface area (Å²) in [6.07, 6.45) is 7.28. The van der Waals surface area contributed by atoms with E-state index in [-0.39, 0.29) is 10.8 Å². The van der Waals surface area contributed by atoms with Crippen LogP contribution in [-0.2, 0) is 5.41 Å². The normalized spacial score (nSPS) is 23.1. The summed E-state index contributed by atoms with van der Waals surface area (Å²) in [5.74, 6) is 0.403. The van der Waals surface area contributed by atoms with Crippen LogP contribution in [0.1, 0.15) is 48.9 Å². The van der Waals surface area contributed by atoms with Crippen LogP contribution in [0.25, 0.3) is 0 Å². The second kappa shape index (κ2) is 6.99. The first-order valence-electron chi connectivity index (χ1n) is 11.3. The van der Waals surface area contributed by atoms with Gasteiger partial charge in [0.05, 0.1) is 0 Å². The van der Waals surface area contributed by atoms with Crippen molar-refractivity contribution in [1.82, 2.24) is 0 Å². The molecule has 0 aliphatic heterocycles. The molecular formula is C30H31N. The zero-order valence-electron chi connectivity index (χ0n) is 19.2. The van der Waals surface area contributed by atoms with Crippen molar-refractivity contribution in [2.75, 3.05) is 4.90 Å². The summed E-state index contributed by atoms with van der Waals surface area (Å²) in [7, 11) is 0. The van der Waals surface area contributed by atoms with Gasteiger partial charge in [-0.15, -0.1) is 0 Å². The molecule has 1 heteroatoms. The number of allylic oxidation sites excluding steroid dienone is 3. The van der Waals surface area contributed by atoms with Crippen molar-refractivity contribution in [3.63, 3.8) is 0 Å². The number of nitrogens with zero attached hydrogens (tertiary/aromatic N) is 1. The van der Waals surface area contributed by atoms with Gasteiger partial charge in [0.1, 0.15) is 0 Å². The fraction of sp³-hybridized carbons (Fsp3) is 0.267. The highest BCUT2D eigenvalue weighted by molar-refractivity contribution is 5.72. The van der Waals surface area contributed by atoms with Crippen LogP contribution in [0.3, 0.4) is 0 Å². The van der Waals surface area contributed by atoms with Crippen LogP contribution >= 0.6 is 0 Å². The summed E-state index contributed by atoms with van der Waals surface area (Å²) >= 11 is 0. The van der Waals surface area contributed by atoms with Gasteiger partial charge in [-0.3, -0.25) is 0 Å². The summed E-state index contributed by atoms with van der Waals surface area (Å²) in [5, 5.41) is 0. The lowest BCUT2D eigenvalue weighted by Crippen LogP contribution is -2.38. The van der Waals surface area contributed by atoms with Gasteiger partial charge in [0.25, 0.3) is 0 Å². The molecule has 0 fully saturated rings. The number of hydrogen-bond donors (Lipinski definition) is 0. The van der Waals surface area contributed by atoms with Gasteiger partial charge in [-0.1, -0.05) is 92.6 Å². The topological polar surface area (TPSA) is 3.24 Å². The van der Waals surface area contributed by atoms with Gasteiger partial charge in [-0.05, 0) is 60.7 Å². The first kappa shape index (κ1) is 19.9. The molecule has 0 amide bonds. The Morgan fingerprint density at radius 1 is 0.710 bits per heavy atom. The van der Waals surface area contributed by atoms with Gasteiger partial charge in [-0.2, -0.15) is 0 Å². The van der Waals surface area contributed by atoms with Crippen molar-refractivity contribution >= 4 is 11.4 Å². The minimum Gasteiger partial charge on any atom is -0.311 e. The maximum absolute atomic E-state index is 2.53. The molecule has 31 heavy (non-hydrogen) atoms. The smallest absolute Gasteiger partial charge is 0.0461 e. The predicted octanol–water partition coefficient (Wildman–Crippen LogP) is 7.98. The molecule has 0 aromatic heterocycles. The molecule has 2 aliphatic carbocycles. The van der Waals surface area contributed by atoms with Crippen LogP contribution in [0, 0.1) is 19.3 Å². The molecule has 2 atom stereocenters. The van der Waals surface area contributed by atoms with E-state index < -0.39 is 0 Å². The highest BCUT2D eigenvalue weighted by atomic mass is 15.1. The molecule has 3 aromatic rings. The lowest BCUT2D eigenvalue weighted by molar-refractivity contribution is 0.243. The largest absolute Gasteiger partial charge is 0.311 e. The zero-order valence-corrected chi connectivity index (χ0v) is 19.2. The van der Waals surface area contributed by atoms with Crippen molar-refractivity contribution in [2.24, 2.45) is 5.41 Å². The SMILES string of the molecule is Cc1ccc(N(C2=CC3(C)C(C=C2)c2ccccc2C3(C)C)c2ccc(C)cc2)cc1. The molecule has 156 valence electrons. The maximum Gasteiger partial charge on any atom is 0.0461 e. The average molecular weight is 406 g/mol. The van der Waals surface area contributed by atoms with Gasteiger partial charge in [0.2, 0.25) is 0 Å². The number of rotatable bonds is 3. The third-order valence-electron chi connectivity index (χ3n) is 7.71. The molecule has 0 bridgehead atoms. The van der Waals surface area contributed by atoms with Crippen molar-refractivity contribution in [1.29, 1.82) is 0 Å². The molecule has 0 spiro atoms. The van der Waals surface area contributed by atoms with Crippen molar-refractivity contribution in [3.05, 3.63) is 119 Å². The molecule has 0 N–H and O–H groups in total. The van der Waals surface area contributed by atoms with Crippen molar-refractivity contribution < 1.29 is 0 Å². The minimum absolute atomic E-state index is 0.00835. The molecule has 0 heterocycles. The first-order valence-corrected chi connectivity index (χ1v) is 11.3. The van der Waals surface area contributed by atoms with Gasteiger partial charge in [0.15, 0.2) is 0 Å². The summed E-state index contributed by atoms with van der Waals surface area (Å²) < 4.78 is 0. The average Bonchev–Trinajstić information content (AvgIpc) is 2.94. The van der Waals surface area contributed by atoms with E-state index in [1.807, 2.05) is 0 Å². The predicted molar refractivity (Wildman–Crippen MR) is 132 cm³/mol. The summed E-state index contributed by atoms with van der Waals surface area (Å²) in [6, 6.07) is 26.7.